The van der Waals surface area contributed by atoms with Crippen LogP contribution in [0.5, 0.6) is 10.8 Å². The van der Waals surface area contributed by atoms with Crippen LogP contribution in [0.25, 0.3) is 0 Å². The van der Waals surface area contributed by atoms with E-state index >= 15 is 0 Å². The van der Waals surface area contributed by atoms with Crippen LogP contribution in [-0.2, 0) is 0 Å². The van der Waals surface area contributed by atoms with Gasteiger partial charge < -0.3 is 9.84 Å². The van der Waals surface area contributed by atoms with E-state index in [0.717, 1.165) is 22.5 Å². The van der Waals surface area contributed by atoms with Crippen molar-refractivity contribution >= 4 is 28.6 Å². The first-order valence-electron chi connectivity index (χ1n) is 6.20. The van der Waals surface area contributed by atoms with Gasteiger partial charge in [-0.2, -0.15) is 0 Å². The molecule has 0 saturated carbocycles. The van der Waals surface area contributed by atoms with E-state index in [1.54, 1.807) is 19.1 Å². The quantitative estimate of drug-likeness (QED) is 0.648. The third-order valence-electron chi connectivity index (χ3n) is 2.93. The van der Waals surface area contributed by atoms with Crippen LogP contribution in [0.3, 0.4) is 0 Å². The number of aliphatic hydroxyl groups excluding tert-OH is 1. The van der Waals surface area contributed by atoms with E-state index in [1.165, 1.54) is 6.07 Å². The molecule has 5 nitrogen and oxygen atoms in total. The SMILES string of the molecule is Cc1cc(Oc2sc([C@H](C)O)cc2[N+](=O)[O-])cc(C)c1Cl. The van der Waals surface area contributed by atoms with Gasteiger partial charge in [-0.25, -0.2) is 0 Å². The average molecular weight is 328 g/mol. The van der Waals surface area contributed by atoms with Crippen molar-refractivity contribution < 1.29 is 14.8 Å². The summed E-state index contributed by atoms with van der Waals surface area (Å²) in [7, 11) is 0. The molecule has 0 fully saturated rings. The van der Waals surface area contributed by atoms with Crippen LogP contribution in [0, 0.1) is 24.0 Å². The summed E-state index contributed by atoms with van der Waals surface area (Å²) in [5, 5.41) is 21.4. The average Bonchev–Trinajstić information content (AvgIpc) is 2.80. The summed E-state index contributed by atoms with van der Waals surface area (Å²) in [4.78, 5) is 11.0. The molecule has 0 amide bonds. The van der Waals surface area contributed by atoms with Crippen LogP contribution < -0.4 is 4.74 Å². The molecule has 1 heterocycles. The number of hydrogen-bond acceptors (Lipinski definition) is 5. The van der Waals surface area contributed by atoms with Gasteiger partial charge in [-0.3, -0.25) is 10.1 Å². The van der Waals surface area contributed by atoms with Crippen molar-refractivity contribution in [1.82, 2.24) is 0 Å². The van der Waals surface area contributed by atoms with Gasteiger partial charge in [0.05, 0.1) is 11.0 Å². The first-order valence-corrected chi connectivity index (χ1v) is 7.39. The first-order chi connectivity index (χ1) is 9.79. The first kappa shape index (κ1) is 15.8. The van der Waals surface area contributed by atoms with E-state index in [1.807, 2.05) is 13.8 Å². The number of rotatable bonds is 4. The van der Waals surface area contributed by atoms with Gasteiger partial charge in [0.25, 0.3) is 5.06 Å². The van der Waals surface area contributed by atoms with Gasteiger partial charge in [0, 0.05) is 16.0 Å². The monoisotopic (exact) mass is 327 g/mol. The molecule has 0 saturated heterocycles. The van der Waals surface area contributed by atoms with Gasteiger partial charge >= 0.3 is 5.69 Å². The van der Waals surface area contributed by atoms with Gasteiger partial charge in [0.1, 0.15) is 5.75 Å². The van der Waals surface area contributed by atoms with Crippen molar-refractivity contribution in [3.63, 3.8) is 0 Å². The Labute approximate surface area is 130 Å². The van der Waals surface area contributed by atoms with Crippen molar-refractivity contribution in [3.05, 3.63) is 49.3 Å². The molecule has 0 aliphatic rings. The fourth-order valence-corrected chi connectivity index (χ4v) is 2.90. The van der Waals surface area contributed by atoms with Gasteiger partial charge in [-0.1, -0.05) is 22.9 Å². The van der Waals surface area contributed by atoms with E-state index < -0.39 is 11.0 Å². The second-order valence-corrected chi connectivity index (χ2v) is 6.15. The van der Waals surface area contributed by atoms with Crippen LogP contribution in [0.2, 0.25) is 5.02 Å². The maximum Gasteiger partial charge on any atom is 0.323 e. The molecule has 0 unspecified atom stereocenters. The molecule has 0 radical (unpaired) electrons. The molecule has 0 aliphatic heterocycles. The van der Waals surface area contributed by atoms with Crippen LogP contribution in [-0.4, -0.2) is 10.0 Å². The molecule has 2 aromatic rings. The molecule has 1 N–H and O–H groups in total. The highest BCUT2D eigenvalue weighted by Gasteiger charge is 2.23. The highest BCUT2D eigenvalue weighted by Crippen LogP contribution is 2.42. The Bertz CT molecular complexity index is 673. The molecule has 112 valence electrons. The highest BCUT2D eigenvalue weighted by atomic mass is 35.5. The summed E-state index contributed by atoms with van der Waals surface area (Å²) in [5.74, 6) is 0.483. The van der Waals surface area contributed by atoms with E-state index in [-0.39, 0.29) is 10.8 Å². The lowest BCUT2D eigenvalue weighted by atomic mass is 10.1. The number of nitro groups is 1. The Hall–Kier alpha value is -1.63. The lowest BCUT2D eigenvalue weighted by molar-refractivity contribution is -0.385. The molecule has 1 atom stereocenters. The second-order valence-electron chi connectivity index (χ2n) is 4.73. The van der Waals surface area contributed by atoms with Crippen molar-refractivity contribution in [2.75, 3.05) is 0 Å². The summed E-state index contributed by atoms with van der Waals surface area (Å²) in [5.41, 5.74) is 1.52. The number of aliphatic hydroxyl groups is 1. The lowest BCUT2D eigenvalue weighted by Gasteiger charge is -2.08. The van der Waals surface area contributed by atoms with Crippen LogP contribution in [0.15, 0.2) is 18.2 Å². The smallest absolute Gasteiger partial charge is 0.323 e. The Morgan fingerprint density at radius 2 is 1.90 bits per heavy atom. The minimum atomic E-state index is -0.778. The largest absolute Gasteiger partial charge is 0.440 e. The van der Waals surface area contributed by atoms with E-state index in [9.17, 15) is 15.2 Å². The van der Waals surface area contributed by atoms with Crippen molar-refractivity contribution in [2.45, 2.75) is 26.9 Å². The normalized spacial score (nSPS) is 12.2. The molecule has 1 aromatic heterocycles. The molecule has 7 heteroatoms. The summed E-state index contributed by atoms with van der Waals surface area (Å²) in [6, 6.07) is 4.78. The van der Waals surface area contributed by atoms with Crippen LogP contribution in [0.1, 0.15) is 29.0 Å². The molecular weight excluding hydrogens is 314 g/mol. The number of ether oxygens (including phenoxy) is 1. The third kappa shape index (κ3) is 3.34. The molecule has 0 spiro atoms. The van der Waals surface area contributed by atoms with Gasteiger partial charge in [-0.15, -0.1) is 0 Å². The molecular formula is C14H14ClNO4S. The van der Waals surface area contributed by atoms with Gasteiger partial charge in [0.2, 0.25) is 0 Å². The molecule has 21 heavy (non-hydrogen) atoms. The van der Waals surface area contributed by atoms with E-state index in [0.29, 0.717) is 15.6 Å². The Morgan fingerprint density at radius 1 is 1.33 bits per heavy atom. The topological polar surface area (TPSA) is 72.6 Å². The number of nitrogens with zero attached hydrogens (tertiary/aromatic N) is 1. The predicted molar refractivity (Wildman–Crippen MR) is 82.6 cm³/mol. The molecule has 1 aromatic carbocycles. The zero-order valence-electron chi connectivity index (χ0n) is 11.7. The van der Waals surface area contributed by atoms with Crippen molar-refractivity contribution in [3.8, 4) is 10.8 Å². The van der Waals surface area contributed by atoms with Crippen LogP contribution >= 0.6 is 22.9 Å². The lowest BCUT2D eigenvalue weighted by Crippen LogP contribution is -1.91. The summed E-state index contributed by atoms with van der Waals surface area (Å²) in [6.45, 7) is 5.23. The second kappa shape index (κ2) is 6.01. The fourth-order valence-electron chi connectivity index (χ4n) is 1.86. The zero-order chi connectivity index (χ0) is 15.7. The number of benzene rings is 1. The minimum absolute atomic E-state index is 0.150. The molecule has 2 rings (SSSR count). The Kier molecular flexibility index (Phi) is 4.51. The van der Waals surface area contributed by atoms with Crippen LogP contribution in [0.4, 0.5) is 5.69 Å². The number of aryl methyl sites for hydroxylation is 2. The van der Waals surface area contributed by atoms with Crippen molar-refractivity contribution in [2.24, 2.45) is 0 Å². The Balaban J connectivity index is 2.41. The van der Waals surface area contributed by atoms with E-state index in [4.69, 9.17) is 16.3 Å². The van der Waals surface area contributed by atoms with Crippen molar-refractivity contribution in [1.29, 1.82) is 0 Å². The summed E-state index contributed by atoms with van der Waals surface area (Å²) >= 11 is 7.15. The van der Waals surface area contributed by atoms with E-state index in [2.05, 4.69) is 0 Å². The number of thiophene rings is 1. The maximum absolute atomic E-state index is 11.1. The zero-order valence-corrected chi connectivity index (χ0v) is 13.3. The standard InChI is InChI=1S/C14H14ClNO4S/c1-7-4-10(5-8(2)13(7)15)20-14-11(16(18)19)6-12(21-14)9(3)17/h4-6,9,17H,1-3H3/t9-/m0/s1. The van der Waals surface area contributed by atoms with Gasteiger partial charge in [0.15, 0.2) is 0 Å². The summed E-state index contributed by atoms with van der Waals surface area (Å²) in [6.07, 6.45) is -0.778. The fraction of sp³-hybridized carbons (Fsp3) is 0.286. The number of halogens is 1. The summed E-state index contributed by atoms with van der Waals surface area (Å²) < 4.78 is 5.63. The number of hydrogen-bond donors (Lipinski definition) is 1. The third-order valence-corrected chi connectivity index (χ3v) is 4.70. The highest BCUT2D eigenvalue weighted by molar-refractivity contribution is 7.14. The molecule has 0 bridgehead atoms. The maximum atomic E-state index is 11.1. The predicted octanol–water partition coefficient (Wildman–Crippen LogP) is 4.77. The minimum Gasteiger partial charge on any atom is -0.440 e. The molecule has 0 aliphatic carbocycles. The Morgan fingerprint density at radius 3 is 2.38 bits per heavy atom. The van der Waals surface area contributed by atoms with Gasteiger partial charge in [-0.05, 0) is 44.0 Å².